The molecule has 1 heterocycles. The number of carbonyl (C=O) groups excluding carboxylic acids is 1. The normalized spacial score (nSPS) is 11.8. The lowest BCUT2D eigenvalue weighted by atomic mass is 9.98. The Balaban J connectivity index is 2.21. The summed E-state index contributed by atoms with van der Waals surface area (Å²) in [6.07, 6.45) is 0.610. The highest BCUT2D eigenvalue weighted by atomic mass is 16.2. The number of hydrogen-bond acceptors (Lipinski definition) is 5. The Bertz CT molecular complexity index is 1260. The summed E-state index contributed by atoms with van der Waals surface area (Å²) in [6.45, 7) is 9.03. The molecule has 0 saturated carbocycles. The van der Waals surface area contributed by atoms with Crippen molar-refractivity contribution in [3.63, 3.8) is 0 Å². The van der Waals surface area contributed by atoms with Gasteiger partial charge in [0.1, 0.15) is 17.5 Å². The Morgan fingerprint density at radius 2 is 1.77 bits per heavy atom. The first-order valence-electron chi connectivity index (χ1n) is 11.9. The second-order valence-corrected chi connectivity index (χ2v) is 9.11. The van der Waals surface area contributed by atoms with E-state index in [0.29, 0.717) is 43.1 Å². The van der Waals surface area contributed by atoms with E-state index < -0.39 is 11.6 Å². The highest BCUT2D eigenvalue weighted by Gasteiger charge is 2.33. The number of aryl methyl sites for hydroxylation is 1. The number of amides is 1. The summed E-state index contributed by atoms with van der Waals surface area (Å²) in [5, 5.41) is 9.63. The van der Waals surface area contributed by atoms with Crippen LogP contribution in [0.25, 0.3) is 0 Å². The van der Waals surface area contributed by atoms with Gasteiger partial charge < -0.3 is 15.2 Å². The van der Waals surface area contributed by atoms with Crippen molar-refractivity contribution in [1.29, 1.82) is 5.26 Å². The number of aromatic nitrogens is 2. The lowest BCUT2D eigenvalue weighted by molar-refractivity contribution is 0.0601. The van der Waals surface area contributed by atoms with Gasteiger partial charge in [-0.05, 0) is 50.4 Å². The van der Waals surface area contributed by atoms with Gasteiger partial charge in [0.25, 0.3) is 11.5 Å². The van der Waals surface area contributed by atoms with E-state index >= 15 is 0 Å². The third kappa shape index (κ3) is 5.84. The lowest BCUT2D eigenvalue weighted by Crippen LogP contribution is -2.42. The van der Waals surface area contributed by atoms with Crippen molar-refractivity contribution in [2.45, 2.75) is 46.7 Å². The van der Waals surface area contributed by atoms with Gasteiger partial charge in [0.2, 0.25) is 0 Å². The zero-order valence-electron chi connectivity index (χ0n) is 20.9. The maximum atomic E-state index is 13.8. The quantitative estimate of drug-likeness (QED) is 0.508. The smallest absolute Gasteiger partial charge is 0.291 e. The molecule has 7 heteroatoms. The van der Waals surface area contributed by atoms with Crippen LogP contribution in [0, 0.1) is 31.1 Å². The van der Waals surface area contributed by atoms with Gasteiger partial charge in [-0.25, -0.2) is 0 Å². The van der Waals surface area contributed by atoms with Crippen molar-refractivity contribution in [3.8, 4) is 6.07 Å². The highest BCUT2D eigenvalue weighted by molar-refractivity contribution is 5.94. The van der Waals surface area contributed by atoms with Crippen LogP contribution in [0.2, 0.25) is 0 Å². The molecule has 0 aliphatic rings. The van der Waals surface area contributed by atoms with Crippen LogP contribution in [0.3, 0.4) is 0 Å². The molecular weight excluding hydrogens is 438 g/mol. The van der Waals surface area contributed by atoms with Gasteiger partial charge >= 0.3 is 0 Å². The molecule has 0 radical (unpaired) electrons. The monoisotopic (exact) mass is 471 g/mol. The zero-order chi connectivity index (χ0) is 25.5. The molecule has 0 spiro atoms. The number of rotatable bonds is 9. The van der Waals surface area contributed by atoms with E-state index in [0.717, 1.165) is 11.1 Å². The summed E-state index contributed by atoms with van der Waals surface area (Å²) in [7, 11) is 0. The third-order valence-corrected chi connectivity index (χ3v) is 6.16. The zero-order valence-corrected chi connectivity index (χ0v) is 20.9. The fourth-order valence-electron chi connectivity index (χ4n) is 4.29. The standard InChI is InChI=1S/C28H33N5O2/c1-19(2)25(32(16-8-15-29)28(35)23-13-11-20(3)12-14-23)26-31-27(34)24(17-30)21(4)33(26)18-22-9-6-5-7-10-22/h5-7,9-14,19,25H,8,15-16,18,29H2,1-4H3. The van der Waals surface area contributed by atoms with E-state index in [2.05, 4.69) is 4.98 Å². The van der Waals surface area contributed by atoms with Crippen LogP contribution in [0.15, 0.2) is 59.4 Å². The highest BCUT2D eigenvalue weighted by Crippen LogP contribution is 2.30. The molecule has 3 aromatic rings. The summed E-state index contributed by atoms with van der Waals surface area (Å²) >= 11 is 0. The minimum atomic E-state index is -0.573. The fraction of sp³-hybridized carbons (Fsp3) is 0.357. The molecule has 1 aromatic heterocycles. The van der Waals surface area contributed by atoms with Gasteiger partial charge in [0, 0.05) is 24.3 Å². The van der Waals surface area contributed by atoms with Crippen LogP contribution in [-0.4, -0.2) is 33.4 Å². The maximum Gasteiger partial charge on any atom is 0.291 e. The van der Waals surface area contributed by atoms with Gasteiger partial charge in [0.05, 0.1) is 6.04 Å². The molecule has 3 rings (SSSR count). The number of carbonyl (C=O) groups is 1. The molecule has 7 nitrogen and oxygen atoms in total. The van der Waals surface area contributed by atoms with Crippen molar-refractivity contribution < 1.29 is 4.79 Å². The van der Waals surface area contributed by atoms with Crippen LogP contribution in [0.1, 0.15) is 64.9 Å². The van der Waals surface area contributed by atoms with Crippen LogP contribution in [0.4, 0.5) is 0 Å². The average molecular weight is 472 g/mol. The average Bonchev–Trinajstić information content (AvgIpc) is 2.84. The summed E-state index contributed by atoms with van der Waals surface area (Å²) in [4.78, 5) is 32.8. The molecule has 2 N–H and O–H groups in total. The first-order valence-corrected chi connectivity index (χ1v) is 11.9. The van der Waals surface area contributed by atoms with Crippen molar-refractivity contribution in [1.82, 2.24) is 14.5 Å². The van der Waals surface area contributed by atoms with Gasteiger partial charge in [0.15, 0.2) is 0 Å². The van der Waals surface area contributed by atoms with E-state index in [1.54, 1.807) is 11.8 Å². The minimum absolute atomic E-state index is 0.0190. The molecule has 2 aromatic carbocycles. The number of nitriles is 1. The molecule has 0 saturated heterocycles. The van der Waals surface area contributed by atoms with Crippen LogP contribution in [-0.2, 0) is 6.54 Å². The molecule has 1 unspecified atom stereocenters. The predicted octanol–water partition coefficient (Wildman–Crippen LogP) is 3.97. The van der Waals surface area contributed by atoms with Crippen molar-refractivity contribution in [3.05, 3.63) is 98.7 Å². The summed E-state index contributed by atoms with van der Waals surface area (Å²) in [5.41, 5.74) is 8.45. The number of nitrogens with two attached hydrogens (primary N) is 1. The number of benzene rings is 2. The summed E-state index contributed by atoms with van der Waals surface area (Å²) in [6, 6.07) is 18.8. The van der Waals surface area contributed by atoms with E-state index in [4.69, 9.17) is 5.73 Å². The van der Waals surface area contributed by atoms with Gasteiger partial charge in [-0.2, -0.15) is 10.2 Å². The summed E-state index contributed by atoms with van der Waals surface area (Å²) in [5.74, 6) is 0.283. The molecule has 182 valence electrons. The molecule has 0 aliphatic heterocycles. The second kappa shape index (κ2) is 11.6. The van der Waals surface area contributed by atoms with Gasteiger partial charge in [-0.15, -0.1) is 0 Å². The Morgan fingerprint density at radius 1 is 1.11 bits per heavy atom. The van der Waals surface area contributed by atoms with Gasteiger partial charge in [-0.3, -0.25) is 9.59 Å². The molecule has 0 aliphatic carbocycles. The fourth-order valence-corrected chi connectivity index (χ4v) is 4.29. The Kier molecular flexibility index (Phi) is 8.56. The van der Waals surface area contributed by atoms with E-state index in [1.807, 2.05) is 86.0 Å². The molecule has 0 bridgehead atoms. The van der Waals surface area contributed by atoms with Crippen molar-refractivity contribution >= 4 is 5.91 Å². The van der Waals surface area contributed by atoms with Crippen molar-refractivity contribution in [2.75, 3.05) is 13.1 Å². The first kappa shape index (κ1) is 25.9. The Labute approximate surface area is 206 Å². The number of nitrogens with zero attached hydrogens (tertiary/aromatic N) is 4. The molecular formula is C28H33N5O2. The van der Waals surface area contributed by atoms with E-state index in [-0.39, 0.29) is 17.4 Å². The lowest BCUT2D eigenvalue weighted by Gasteiger charge is -2.36. The Morgan fingerprint density at radius 3 is 2.34 bits per heavy atom. The van der Waals surface area contributed by atoms with Crippen molar-refractivity contribution in [2.24, 2.45) is 11.7 Å². The van der Waals surface area contributed by atoms with Crippen LogP contribution in [0.5, 0.6) is 0 Å². The van der Waals surface area contributed by atoms with Crippen LogP contribution < -0.4 is 11.3 Å². The van der Waals surface area contributed by atoms with E-state index in [9.17, 15) is 14.9 Å². The predicted molar refractivity (Wildman–Crippen MR) is 137 cm³/mol. The van der Waals surface area contributed by atoms with Crippen LogP contribution >= 0.6 is 0 Å². The molecule has 1 atom stereocenters. The SMILES string of the molecule is Cc1ccc(C(=O)N(CCCN)C(c2nc(=O)c(C#N)c(C)n2Cc2ccccc2)C(C)C)cc1. The molecule has 1 amide bonds. The number of hydrogen-bond donors (Lipinski definition) is 1. The maximum absolute atomic E-state index is 13.8. The first-order chi connectivity index (χ1) is 16.8. The second-order valence-electron chi connectivity index (χ2n) is 9.11. The third-order valence-electron chi connectivity index (χ3n) is 6.16. The van der Waals surface area contributed by atoms with Gasteiger partial charge in [-0.1, -0.05) is 61.9 Å². The minimum Gasteiger partial charge on any atom is -0.330 e. The summed E-state index contributed by atoms with van der Waals surface area (Å²) < 4.78 is 1.90. The Hall–Kier alpha value is -3.76. The largest absolute Gasteiger partial charge is 0.330 e. The van der Waals surface area contributed by atoms with E-state index in [1.165, 1.54) is 0 Å². The molecule has 0 fully saturated rings. The molecule has 35 heavy (non-hydrogen) atoms. The topological polar surface area (TPSA) is 105 Å².